The molecule has 0 aliphatic carbocycles. The van der Waals surface area contributed by atoms with Gasteiger partial charge in [0.1, 0.15) is 5.69 Å². The van der Waals surface area contributed by atoms with Crippen molar-refractivity contribution in [3.8, 4) is 0 Å². The molecule has 0 radical (unpaired) electrons. The Labute approximate surface area is 219 Å². The molecule has 4 aromatic rings. The van der Waals surface area contributed by atoms with Crippen LogP contribution in [-0.4, -0.2) is 28.9 Å². The number of fused-ring (bicyclic) bond motifs is 1. The number of amides is 3. The molecule has 0 atom stereocenters. The number of carbonyl (C=O) groups excluding carboxylic acids is 3. The van der Waals surface area contributed by atoms with Crippen LogP contribution >= 0.6 is 31.9 Å². The molecule has 3 aromatic carbocycles. The highest BCUT2D eigenvalue weighted by atomic mass is 79.9. The molecule has 1 aromatic heterocycles. The molecule has 0 saturated heterocycles. The number of hydrogen-bond donors (Lipinski definition) is 3. The van der Waals surface area contributed by atoms with Gasteiger partial charge in [-0.15, -0.1) is 0 Å². The van der Waals surface area contributed by atoms with E-state index in [1.54, 1.807) is 24.3 Å². The van der Waals surface area contributed by atoms with Crippen molar-refractivity contribution in [1.29, 1.82) is 0 Å². The SMILES string of the molecule is Cc1cc(NC(=O)c2cc3cc(Br)ccc3n2NC(=O)C(=O)NCCc2ccccc2)ccc1Br. The summed E-state index contributed by atoms with van der Waals surface area (Å²) in [6.45, 7) is 2.23. The number of carbonyl (C=O) groups is 3. The average Bonchev–Trinajstić information content (AvgIpc) is 3.19. The summed E-state index contributed by atoms with van der Waals surface area (Å²) in [5.41, 5.74) is 5.96. The quantitative estimate of drug-likeness (QED) is 0.268. The first-order valence-corrected chi connectivity index (χ1v) is 12.4. The van der Waals surface area contributed by atoms with Crippen LogP contribution in [0.3, 0.4) is 0 Å². The zero-order valence-electron chi connectivity index (χ0n) is 18.8. The summed E-state index contributed by atoms with van der Waals surface area (Å²) >= 11 is 6.88. The lowest BCUT2D eigenvalue weighted by molar-refractivity contribution is -0.136. The van der Waals surface area contributed by atoms with Crippen LogP contribution in [0, 0.1) is 6.92 Å². The van der Waals surface area contributed by atoms with Gasteiger partial charge in [0.25, 0.3) is 5.91 Å². The summed E-state index contributed by atoms with van der Waals surface area (Å²) in [6.07, 6.45) is 0.598. The predicted molar refractivity (Wildman–Crippen MR) is 144 cm³/mol. The second-order valence-corrected chi connectivity index (χ2v) is 9.69. The van der Waals surface area contributed by atoms with E-state index in [2.05, 4.69) is 47.9 Å². The molecule has 35 heavy (non-hydrogen) atoms. The van der Waals surface area contributed by atoms with Gasteiger partial charge in [-0.2, -0.15) is 0 Å². The number of benzene rings is 3. The predicted octanol–water partition coefficient (Wildman–Crippen LogP) is 5.16. The van der Waals surface area contributed by atoms with Gasteiger partial charge >= 0.3 is 11.8 Å². The van der Waals surface area contributed by atoms with E-state index in [1.807, 2.05) is 55.5 Å². The number of nitrogens with one attached hydrogen (secondary N) is 3. The zero-order valence-corrected chi connectivity index (χ0v) is 21.9. The molecule has 0 fully saturated rings. The van der Waals surface area contributed by atoms with Crippen LogP contribution in [0.5, 0.6) is 0 Å². The summed E-state index contributed by atoms with van der Waals surface area (Å²) in [6, 6.07) is 22.2. The van der Waals surface area contributed by atoms with E-state index >= 15 is 0 Å². The highest BCUT2D eigenvalue weighted by molar-refractivity contribution is 9.10. The number of hydrogen-bond acceptors (Lipinski definition) is 3. The van der Waals surface area contributed by atoms with Crippen molar-refractivity contribution in [3.63, 3.8) is 0 Å². The van der Waals surface area contributed by atoms with Crippen molar-refractivity contribution >= 4 is 66.2 Å². The number of aromatic nitrogens is 1. The summed E-state index contributed by atoms with van der Waals surface area (Å²) in [4.78, 5) is 38.3. The van der Waals surface area contributed by atoms with Crippen molar-refractivity contribution in [3.05, 3.63) is 98.6 Å². The molecule has 0 aliphatic heterocycles. The van der Waals surface area contributed by atoms with Gasteiger partial charge in [0.15, 0.2) is 0 Å². The van der Waals surface area contributed by atoms with Gasteiger partial charge < -0.3 is 10.6 Å². The van der Waals surface area contributed by atoms with E-state index in [0.29, 0.717) is 24.2 Å². The third-order valence-corrected chi connectivity index (χ3v) is 6.76. The van der Waals surface area contributed by atoms with E-state index in [-0.39, 0.29) is 5.69 Å². The van der Waals surface area contributed by atoms with Crippen LogP contribution in [0.25, 0.3) is 10.9 Å². The summed E-state index contributed by atoms with van der Waals surface area (Å²) in [5.74, 6) is -2.08. The molecule has 3 N–H and O–H groups in total. The number of anilines is 1. The molecule has 3 amide bonds. The molecule has 0 unspecified atom stereocenters. The van der Waals surface area contributed by atoms with Gasteiger partial charge in [-0.1, -0.05) is 62.2 Å². The van der Waals surface area contributed by atoms with Crippen LogP contribution in [0.2, 0.25) is 0 Å². The number of halogens is 2. The van der Waals surface area contributed by atoms with Crippen molar-refractivity contribution in [1.82, 2.24) is 9.99 Å². The first-order chi connectivity index (χ1) is 16.8. The summed E-state index contributed by atoms with van der Waals surface area (Å²) in [5, 5.41) is 6.20. The Kier molecular flexibility index (Phi) is 7.67. The van der Waals surface area contributed by atoms with Crippen molar-refractivity contribution in [2.24, 2.45) is 0 Å². The Bertz CT molecular complexity index is 1420. The molecule has 4 rings (SSSR count). The third kappa shape index (κ3) is 5.98. The zero-order chi connectivity index (χ0) is 24.9. The molecule has 0 bridgehead atoms. The van der Waals surface area contributed by atoms with Gasteiger partial charge in [0.05, 0.1) is 5.52 Å². The van der Waals surface area contributed by atoms with E-state index in [9.17, 15) is 14.4 Å². The Hall–Kier alpha value is -3.43. The highest BCUT2D eigenvalue weighted by Crippen LogP contribution is 2.25. The maximum Gasteiger partial charge on any atom is 0.328 e. The standard InChI is InChI=1S/C26H22Br2N4O3/c1-16-13-20(8-9-21(16)28)30-24(33)23-15-18-14-19(27)7-10-22(18)32(23)31-26(35)25(34)29-12-11-17-5-3-2-4-6-17/h2-10,13-15H,11-12H2,1H3,(H,29,34)(H,30,33)(H,31,35). The first-order valence-electron chi connectivity index (χ1n) is 10.8. The van der Waals surface area contributed by atoms with E-state index < -0.39 is 17.7 Å². The van der Waals surface area contributed by atoms with Crippen LogP contribution < -0.4 is 16.1 Å². The molecule has 0 saturated carbocycles. The number of aryl methyl sites for hydroxylation is 1. The molecule has 0 aliphatic rings. The Morgan fingerprint density at radius 3 is 2.40 bits per heavy atom. The summed E-state index contributed by atoms with van der Waals surface area (Å²) < 4.78 is 3.09. The normalized spacial score (nSPS) is 10.7. The first kappa shape index (κ1) is 24.7. The molecule has 0 spiro atoms. The molecular formula is C26H22Br2N4O3. The van der Waals surface area contributed by atoms with Gasteiger partial charge in [-0.05, 0) is 66.9 Å². The largest absolute Gasteiger partial charge is 0.347 e. The van der Waals surface area contributed by atoms with Crippen molar-refractivity contribution in [2.45, 2.75) is 13.3 Å². The second-order valence-electron chi connectivity index (χ2n) is 7.92. The lowest BCUT2D eigenvalue weighted by atomic mass is 10.1. The lowest BCUT2D eigenvalue weighted by Crippen LogP contribution is -2.40. The maximum atomic E-state index is 13.2. The Balaban J connectivity index is 1.53. The van der Waals surface area contributed by atoms with Crippen LogP contribution in [0.4, 0.5) is 5.69 Å². The third-order valence-electron chi connectivity index (χ3n) is 5.37. The average molecular weight is 598 g/mol. The van der Waals surface area contributed by atoms with Gasteiger partial charge in [0, 0.05) is 26.6 Å². The molecular weight excluding hydrogens is 576 g/mol. The molecule has 178 valence electrons. The Morgan fingerprint density at radius 2 is 1.66 bits per heavy atom. The molecule has 1 heterocycles. The fourth-order valence-corrected chi connectivity index (χ4v) is 4.21. The molecule has 9 heteroatoms. The topological polar surface area (TPSA) is 92.2 Å². The van der Waals surface area contributed by atoms with Crippen LogP contribution in [-0.2, 0) is 16.0 Å². The van der Waals surface area contributed by atoms with Crippen LogP contribution in [0.1, 0.15) is 21.6 Å². The smallest absolute Gasteiger partial charge is 0.328 e. The number of nitrogens with zero attached hydrogens (tertiary/aromatic N) is 1. The van der Waals surface area contributed by atoms with E-state index in [1.165, 1.54) is 4.68 Å². The highest BCUT2D eigenvalue weighted by Gasteiger charge is 2.21. The minimum atomic E-state index is -0.869. The van der Waals surface area contributed by atoms with Gasteiger partial charge in [0.2, 0.25) is 0 Å². The van der Waals surface area contributed by atoms with E-state index in [4.69, 9.17) is 0 Å². The minimum Gasteiger partial charge on any atom is -0.347 e. The Morgan fingerprint density at radius 1 is 0.886 bits per heavy atom. The van der Waals surface area contributed by atoms with E-state index in [0.717, 1.165) is 25.5 Å². The minimum absolute atomic E-state index is 0.184. The monoisotopic (exact) mass is 596 g/mol. The van der Waals surface area contributed by atoms with Gasteiger partial charge in [-0.25, -0.2) is 4.68 Å². The maximum absolute atomic E-state index is 13.2. The fraction of sp³-hybridized carbons (Fsp3) is 0.115. The number of rotatable bonds is 6. The van der Waals surface area contributed by atoms with Gasteiger partial charge in [-0.3, -0.25) is 19.8 Å². The fourth-order valence-electron chi connectivity index (χ4n) is 3.59. The summed E-state index contributed by atoms with van der Waals surface area (Å²) in [7, 11) is 0. The lowest BCUT2D eigenvalue weighted by Gasteiger charge is -2.13. The molecule has 7 nitrogen and oxygen atoms in total. The van der Waals surface area contributed by atoms with Crippen LogP contribution in [0.15, 0.2) is 81.7 Å². The van der Waals surface area contributed by atoms with Crippen molar-refractivity contribution in [2.75, 3.05) is 17.3 Å². The van der Waals surface area contributed by atoms with Crippen molar-refractivity contribution < 1.29 is 14.4 Å². The second kappa shape index (κ2) is 10.9.